The Balaban J connectivity index is 2.05. The van der Waals surface area contributed by atoms with E-state index >= 15 is 0 Å². The van der Waals surface area contributed by atoms with Crippen LogP contribution in [0.15, 0.2) is 48.5 Å². The summed E-state index contributed by atoms with van der Waals surface area (Å²) < 4.78 is 5.11. The van der Waals surface area contributed by atoms with Crippen molar-refractivity contribution in [1.29, 1.82) is 0 Å². The lowest BCUT2D eigenvalue weighted by Crippen LogP contribution is -2.28. The molecule has 0 saturated heterocycles. The van der Waals surface area contributed by atoms with Gasteiger partial charge in [0.25, 0.3) is 0 Å². The summed E-state index contributed by atoms with van der Waals surface area (Å²) in [6.45, 7) is 1.51. The zero-order chi connectivity index (χ0) is 17.7. The normalized spacial score (nSPS) is 10.2. The highest BCUT2D eigenvalue weighted by Gasteiger charge is 2.13. The molecule has 0 saturated carbocycles. The molecule has 0 aliphatic rings. The summed E-state index contributed by atoms with van der Waals surface area (Å²) in [7, 11) is 5.08. The Morgan fingerprint density at radius 2 is 1.38 bits per heavy atom. The lowest BCUT2D eigenvalue weighted by molar-refractivity contribution is -0.118. The van der Waals surface area contributed by atoms with E-state index in [2.05, 4.69) is 0 Å². The molecule has 0 unspecified atom stereocenters. The van der Waals surface area contributed by atoms with Gasteiger partial charge in [0.05, 0.1) is 13.5 Å². The van der Waals surface area contributed by atoms with Crippen molar-refractivity contribution in [3.8, 4) is 5.75 Å². The maximum Gasteiger partial charge on any atom is 0.231 e. The van der Waals surface area contributed by atoms with Gasteiger partial charge in [-0.3, -0.25) is 9.59 Å². The number of amides is 2. The van der Waals surface area contributed by atoms with Crippen LogP contribution in [-0.2, 0) is 16.0 Å². The smallest absolute Gasteiger partial charge is 0.231 e. The first-order chi connectivity index (χ1) is 11.4. The molecular weight excluding hydrogens is 304 g/mol. The van der Waals surface area contributed by atoms with E-state index in [1.807, 2.05) is 48.5 Å². The number of hydrogen-bond donors (Lipinski definition) is 0. The Labute approximate surface area is 142 Å². The maximum absolute atomic E-state index is 12.4. The molecule has 2 rings (SSSR count). The zero-order valence-corrected chi connectivity index (χ0v) is 14.4. The summed E-state index contributed by atoms with van der Waals surface area (Å²) in [5, 5.41) is 0. The highest BCUT2D eigenvalue weighted by molar-refractivity contribution is 5.95. The van der Waals surface area contributed by atoms with E-state index in [0.29, 0.717) is 6.42 Å². The van der Waals surface area contributed by atoms with Crippen molar-refractivity contribution in [2.75, 3.05) is 31.0 Å². The van der Waals surface area contributed by atoms with Gasteiger partial charge in [0.2, 0.25) is 11.8 Å². The molecule has 5 nitrogen and oxygen atoms in total. The Bertz CT molecular complexity index is 708. The number of nitrogens with zero attached hydrogens (tertiary/aromatic N) is 2. The minimum Gasteiger partial charge on any atom is -0.497 e. The molecule has 2 amide bonds. The van der Waals surface area contributed by atoms with Crippen LogP contribution in [0.5, 0.6) is 5.75 Å². The predicted octanol–water partition coefficient (Wildman–Crippen LogP) is 2.88. The van der Waals surface area contributed by atoms with Crippen molar-refractivity contribution in [3.05, 3.63) is 54.1 Å². The van der Waals surface area contributed by atoms with Gasteiger partial charge in [-0.15, -0.1) is 0 Å². The second-order valence-electron chi connectivity index (χ2n) is 5.57. The number of methoxy groups -OCH3 is 1. The molecule has 0 bridgehead atoms. The molecule has 0 heterocycles. The average molecular weight is 326 g/mol. The summed E-state index contributed by atoms with van der Waals surface area (Å²) >= 11 is 0. The van der Waals surface area contributed by atoms with Gasteiger partial charge < -0.3 is 14.5 Å². The van der Waals surface area contributed by atoms with E-state index in [4.69, 9.17) is 4.74 Å². The van der Waals surface area contributed by atoms with Crippen molar-refractivity contribution in [3.63, 3.8) is 0 Å². The largest absolute Gasteiger partial charge is 0.497 e. The van der Waals surface area contributed by atoms with Gasteiger partial charge in [-0.05, 0) is 42.0 Å². The van der Waals surface area contributed by atoms with E-state index in [9.17, 15) is 9.59 Å². The predicted molar refractivity (Wildman–Crippen MR) is 95.6 cm³/mol. The molecule has 0 radical (unpaired) electrons. The number of carbonyl (C=O) groups is 2. The molecule has 0 spiro atoms. The fourth-order valence-corrected chi connectivity index (χ4v) is 2.26. The van der Waals surface area contributed by atoms with Crippen LogP contribution in [0.25, 0.3) is 0 Å². The average Bonchev–Trinajstić information content (AvgIpc) is 2.61. The topological polar surface area (TPSA) is 49.9 Å². The molecule has 0 aromatic heterocycles. The number of carbonyl (C=O) groups excluding carboxylic acids is 2. The Kier molecular flexibility index (Phi) is 5.58. The van der Waals surface area contributed by atoms with Crippen molar-refractivity contribution in [2.24, 2.45) is 0 Å². The Morgan fingerprint density at radius 1 is 0.875 bits per heavy atom. The van der Waals surface area contributed by atoms with Gasteiger partial charge in [0.1, 0.15) is 5.75 Å². The van der Waals surface area contributed by atoms with Crippen LogP contribution in [0.2, 0.25) is 0 Å². The molecule has 0 atom stereocenters. The standard InChI is InChI=1S/C19H22N2O3/c1-14(22)20(2)16-7-9-17(10-8-16)21(3)19(23)13-15-5-11-18(24-4)12-6-15/h5-12H,13H2,1-4H3. The van der Waals surface area contributed by atoms with Gasteiger partial charge in [0.15, 0.2) is 0 Å². The van der Waals surface area contributed by atoms with E-state index < -0.39 is 0 Å². The molecule has 24 heavy (non-hydrogen) atoms. The highest BCUT2D eigenvalue weighted by atomic mass is 16.5. The molecule has 0 N–H and O–H groups in total. The number of ether oxygens (including phenoxy) is 1. The Morgan fingerprint density at radius 3 is 1.83 bits per heavy atom. The van der Waals surface area contributed by atoms with E-state index in [1.165, 1.54) is 6.92 Å². The monoisotopic (exact) mass is 326 g/mol. The molecule has 126 valence electrons. The minimum absolute atomic E-state index is 0.00663. The summed E-state index contributed by atoms with van der Waals surface area (Å²) in [4.78, 5) is 27.0. The van der Waals surface area contributed by atoms with E-state index in [0.717, 1.165) is 22.7 Å². The molecule has 0 aliphatic carbocycles. The lowest BCUT2D eigenvalue weighted by atomic mass is 10.1. The van der Waals surface area contributed by atoms with Gasteiger partial charge in [0, 0.05) is 32.4 Å². The second-order valence-corrected chi connectivity index (χ2v) is 5.57. The lowest BCUT2D eigenvalue weighted by Gasteiger charge is -2.20. The number of hydrogen-bond acceptors (Lipinski definition) is 3. The Hall–Kier alpha value is -2.82. The van der Waals surface area contributed by atoms with Crippen molar-refractivity contribution in [1.82, 2.24) is 0 Å². The molecule has 2 aromatic carbocycles. The molecular formula is C19H22N2O3. The van der Waals surface area contributed by atoms with Gasteiger partial charge in [-0.25, -0.2) is 0 Å². The number of likely N-dealkylation sites (N-methyl/N-ethyl adjacent to an activating group) is 1. The third-order valence-electron chi connectivity index (χ3n) is 3.99. The third kappa shape index (κ3) is 4.13. The van der Waals surface area contributed by atoms with E-state index in [1.54, 1.807) is 31.0 Å². The van der Waals surface area contributed by atoms with Crippen LogP contribution in [0.4, 0.5) is 11.4 Å². The maximum atomic E-state index is 12.4. The van der Waals surface area contributed by atoms with Gasteiger partial charge >= 0.3 is 0 Å². The highest BCUT2D eigenvalue weighted by Crippen LogP contribution is 2.20. The number of benzene rings is 2. The third-order valence-corrected chi connectivity index (χ3v) is 3.99. The fraction of sp³-hybridized carbons (Fsp3) is 0.263. The summed E-state index contributed by atoms with van der Waals surface area (Å²) in [6.07, 6.45) is 0.315. The number of rotatable bonds is 5. The second kappa shape index (κ2) is 7.64. The molecule has 5 heteroatoms. The first-order valence-electron chi connectivity index (χ1n) is 7.66. The minimum atomic E-state index is -0.0355. The van der Waals surface area contributed by atoms with Crippen LogP contribution in [0.3, 0.4) is 0 Å². The first kappa shape index (κ1) is 17.5. The van der Waals surface area contributed by atoms with Crippen LogP contribution >= 0.6 is 0 Å². The van der Waals surface area contributed by atoms with Crippen molar-refractivity contribution < 1.29 is 14.3 Å². The summed E-state index contributed by atoms with van der Waals surface area (Å²) in [5.74, 6) is 0.726. The number of anilines is 2. The van der Waals surface area contributed by atoms with Gasteiger partial charge in [-0.1, -0.05) is 12.1 Å². The van der Waals surface area contributed by atoms with Crippen molar-refractivity contribution in [2.45, 2.75) is 13.3 Å². The first-order valence-corrected chi connectivity index (χ1v) is 7.66. The van der Waals surface area contributed by atoms with Crippen LogP contribution < -0.4 is 14.5 Å². The quantitative estimate of drug-likeness (QED) is 0.849. The summed E-state index contributed by atoms with van der Waals surface area (Å²) in [5.41, 5.74) is 2.51. The van der Waals surface area contributed by atoms with Crippen LogP contribution in [-0.4, -0.2) is 33.0 Å². The van der Waals surface area contributed by atoms with Crippen LogP contribution in [0, 0.1) is 0 Å². The fourth-order valence-electron chi connectivity index (χ4n) is 2.26. The molecule has 0 fully saturated rings. The van der Waals surface area contributed by atoms with Crippen LogP contribution in [0.1, 0.15) is 12.5 Å². The molecule has 0 aliphatic heterocycles. The van der Waals surface area contributed by atoms with Crippen molar-refractivity contribution >= 4 is 23.2 Å². The van der Waals surface area contributed by atoms with E-state index in [-0.39, 0.29) is 11.8 Å². The zero-order valence-electron chi connectivity index (χ0n) is 14.4. The SMILES string of the molecule is COc1ccc(CC(=O)N(C)c2ccc(N(C)C(C)=O)cc2)cc1. The molecule has 2 aromatic rings. The van der Waals surface area contributed by atoms with Gasteiger partial charge in [-0.2, -0.15) is 0 Å². The summed E-state index contributed by atoms with van der Waals surface area (Å²) in [6, 6.07) is 14.8.